The van der Waals surface area contributed by atoms with E-state index in [2.05, 4.69) is 4.99 Å². The van der Waals surface area contributed by atoms with E-state index in [0.29, 0.717) is 22.5 Å². The first-order valence-electron chi connectivity index (χ1n) is 9.86. The molecule has 0 aromatic heterocycles. The quantitative estimate of drug-likeness (QED) is 0.701. The van der Waals surface area contributed by atoms with Crippen molar-refractivity contribution in [3.05, 3.63) is 28.8 Å². The van der Waals surface area contributed by atoms with Gasteiger partial charge in [-0.05, 0) is 37.0 Å². The summed E-state index contributed by atoms with van der Waals surface area (Å²) in [6.45, 7) is 1.96. The van der Waals surface area contributed by atoms with E-state index in [0.717, 1.165) is 17.7 Å². The number of benzene rings is 1. The van der Waals surface area contributed by atoms with Crippen LogP contribution in [0.1, 0.15) is 44.1 Å². The molecule has 1 aliphatic carbocycles. The number of carbonyl (C=O) groups is 1. The maximum atomic E-state index is 12.6. The monoisotopic (exact) mass is 440 g/mol. The number of amidine groups is 1. The van der Waals surface area contributed by atoms with Crippen LogP contribution in [-0.2, 0) is 14.6 Å². The average Bonchev–Trinajstić information content (AvgIpc) is 3.30. The van der Waals surface area contributed by atoms with Gasteiger partial charge < -0.3 is 4.90 Å². The number of thioether (sulfide) groups is 1. The van der Waals surface area contributed by atoms with Crippen molar-refractivity contribution in [1.29, 1.82) is 0 Å². The molecule has 0 unspecified atom stereocenters. The average molecular weight is 441 g/mol. The largest absolute Gasteiger partial charge is 0.315 e. The van der Waals surface area contributed by atoms with E-state index in [1.54, 1.807) is 0 Å². The molecule has 2 saturated heterocycles. The van der Waals surface area contributed by atoms with Gasteiger partial charge in [-0.25, -0.2) is 8.42 Å². The Morgan fingerprint density at radius 2 is 2.04 bits per heavy atom. The SMILES string of the molecule is Cc1ccc(Cl)cc1N1C(=NC(=O)CCC2CCCC2)S[C@H]2CS(=O)(=O)C[C@@H]21. The molecule has 2 heterocycles. The fourth-order valence-electron chi connectivity index (χ4n) is 4.48. The van der Waals surface area contributed by atoms with Gasteiger partial charge in [0.25, 0.3) is 0 Å². The Morgan fingerprint density at radius 1 is 1.29 bits per heavy atom. The molecule has 0 radical (unpaired) electrons. The maximum absolute atomic E-state index is 12.6. The third-order valence-corrected chi connectivity index (χ3v) is 9.40. The van der Waals surface area contributed by atoms with Gasteiger partial charge in [-0.3, -0.25) is 4.79 Å². The van der Waals surface area contributed by atoms with Gasteiger partial charge in [0.2, 0.25) is 5.91 Å². The number of hydrogen-bond acceptors (Lipinski definition) is 4. The van der Waals surface area contributed by atoms with Crippen LogP contribution in [0.3, 0.4) is 0 Å². The van der Waals surface area contributed by atoms with E-state index >= 15 is 0 Å². The van der Waals surface area contributed by atoms with Crippen LogP contribution in [0.5, 0.6) is 0 Å². The van der Waals surface area contributed by atoms with Crippen LogP contribution in [0.15, 0.2) is 23.2 Å². The molecule has 1 aromatic carbocycles. The molecule has 2 atom stereocenters. The van der Waals surface area contributed by atoms with Crippen LogP contribution in [0.25, 0.3) is 0 Å². The van der Waals surface area contributed by atoms with Crippen molar-refractivity contribution in [2.45, 2.75) is 56.7 Å². The number of amides is 1. The van der Waals surface area contributed by atoms with Crippen molar-refractivity contribution in [3.63, 3.8) is 0 Å². The number of aryl methyl sites for hydroxylation is 1. The second-order valence-corrected chi connectivity index (χ2v) is 11.9. The normalized spacial score (nSPS) is 28.2. The summed E-state index contributed by atoms with van der Waals surface area (Å²) in [4.78, 5) is 18.9. The highest BCUT2D eigenvalue weighted by molar-refractivity contribution is 8.16. The first-order valence-corrected chi connectivity index (χ1v) is 12.9. The molecule has 0 bridgehead atoms. The fraction of sp³-hybridized carbons (Fsp3) is 0.600. The number of anilines is 1. The van der Waals surface area contributed by atoms with Gasteiger partial charge in [-0.2, -0.15) is 4.99 Å². The zero-order chi connectivity index (χ0) is 19.9. The van der Waals surface area contributed by atoms with E-state index in [9.17, 15) is 13.2 Å². The molecule has 2 aliphatic heterocycles. The van der Waals surface area contributed by atoms with Gasteiger partial charge in [0.15, 0.2) is 15.0 Å². The van der Waals surface area contributed by atoms with Gasteiger partial charge in [-0.15, -0.1) is 0 Å². The Morgan fingerprint density at radius 3 is 2.79 bits per heavy atom. The number of sulfone groups is 1. The molecule has 0 N–H and O–H groups in total. The standard InChI is InChI=1S/C20H25ClN2O3S2/c1-13-6-8-15(21)10-16(13)23-17-11-28(25,26)12-18(17)27-20(23)22-19(24)9-7-14-4-2-3-5-14/h6,8,10,14,17-18H,2-5,7,9,11-12H2,1H3/t17-,18-/m0/s1. The summed E-state index contributed by atoms with van der Waals surface area (Å²) >= 11 is 7.63. The van der Waals surface area contributed by atoms with Gasteiger partial charge in [0.05, 0.1) is 17.5 Å². The summed E-state index contributed by atoms with van der Waals surface area (Å²) in [6.07, 6.45) is 6.33. The topological polar surface area (TPSA) is 66.8 Å². The fourth-order valence-corrected chi connectivity index (χ4v) is 8.57. The second-order valence-electron chi connectivity index (χ2n) is 8.08. The molecule has 28 heavy (non-hydrogen) atoms. The lowest BCUT2D eigenvalue weighted by molar-refractivity contribution is -0.118. The molecule has 1 amide bonds. The van der Waals surface area contributed by atoms with Gasteiger partial charge >= 0.3 is 0 Å². The minimum absolute atomic E-state index is 0.0892. The first kappa shape index (κ1) is 20.2. The molecule has 152 valence electrons. The zero-order valence-corrected chi connectivity index (χ0v) is 18.3. The zero-order valence-electron chi connectivity index (χ0n) is 15.9. The number of fused-ring (bicyclic) bond motifs is 1. The summed E-state index contributed by atoms with van der Waals surface area (Å²) in [5.74, 6) is 0.762. The molecule has 4 rings (SSSR count). The number of nitrogens with zero attached hydrogens (tertiary/aromatic N) is 2. The summed E-state index contributed by atoms with van der Waals surface area (Å²) in [7, 11) is -3.08. The van der Waals surface area contributed by atoms with Gasteiger partial charge in [0.1, 0.15) is 0 Å². The van der Waals surface area contributed by atoms with Crippen LogP contribution in [0, 0.1) is 12.8 Å². The highest BCUT2D eigenvalue weighted by atomic mass is 35.5. The van der Waals surface area contributed by atoms with Crippen molar-refractivity contribution in [2.24, 2.45) is 10.9 Å². The summed E-state index contributed by atoms with van der Waals surface area (Å²) in [5, 5.41) is 1.11. The minimum atomic E-state index is -3.08. The summed E-state index contributed by atoms with van der Waals surface area (Å²) < 4.78 is 24.4. The van der Waals surface area contributed by atoms with E-state index in [-0.39, 0.29) is 28.7 Å². The van der Waals surface area contributed by atoms with Gasteiger partial charge in [0, 0.05) is 22.4 Å². The van der Waals surface area contributed by atoms with Crippen molar-refractivity contribution in [3.8, 4) is 0 Å². The number of rotatable bonds is 4. The smallest absolute Gasteiger partial charge is 0.248 e. The molecular formula is C20H25ClN2O3S2. The van der Waals surface area contributed by atoms with Crippen molar-refractivity contribution in [1.82, 2.24) is 0 Å². The van der Waals surface area contributed by atoms with Crippen LogP contribution < -0.4 is 4.90 Å². The summed E-state index contributed by atoms with van der Waals surface area (Å²) in [6, 6.07) is 5.37. The van der Waals surface area contributed by atoms with Crippen molar-refractivity contribution < 1.29 is 13.2 Å². The lowest BCUT2D eigenvalue weighted by Crippen LogP contribution is -2.38. The van der Waals surface area contributed by atoms with Gasteiger partial charge in [-0.1, -0.05) is 55.1 Å². The lowest BCUT2D eigenvalue weighted by atomic mass is 10.0. The minimum Gasteiger partial charge on any atom is -0.315 e. The van der Waals surface area contributed by atoms with Crippen LogP contribution >= 0.6 is 23.4 Å². The van der Waals surface area contributed by atoms with E-state index in [1.165, 1.54) is 37.4 Å². The predicted molar refractivity (Wildman–Crippen MR) is 116 cm³/mol. The van der Waals surface area contributed by atoms with E-state index < -0.39 is 9.84 Å². The number of halogens is 1. The van der Waals surface area contributed by atoms with E-state index in [1.807, 2.05) is 30.0 Å². The lowest BCUT2D eigenvalue weighted by Gasteiger charge is -2.26. The van der Waals surface area contributed by atoms with Crippen molar-refractivity contribution >= 4 is 50.0 Å². The number of carbonyl (C=O) groups excluding carboxylic acids is 1. The molecule has 3 fully saturated rings. The highest BCUT2D eigenvalue weighted by Crippen LogP contribution is 2.42. The third-order valence-electron chi connectivity index (χ3n) is 5.96. The molecular weight excluding hydrogens is 416 g/mol. The van der Waals surface area contributed by atoms with Crippen LogP contribution in [-0.4, -0.2) is 42.3 Å². The number of hydrogen-bond donors (Lipinski definition) is 0. The van der Waals surface area contributed by atoms with E-state index in [4.69, 9.17) is 11.6 Å². The van der Waals surface area contributed by atoms with Crippen LogP contribution in [0.2, 0.25) is 5.02 Å². The first-order chi connectivity index (χ1) is 13.3. The Bertz CT molecular complexity index is 910. The molecule has 5 nitrogen and oxygen atoms in total. The third kappa shape index (κ3) is 4.26. The Labute approximate surface area is 175 Å². The van der Waals surface area contributed by atoms with Crippen molar-refractivity contribution in [2.75, 3.05) is 16.4 Å². The highest BCUT2D eigenvalue weighted by Gasteiger charge is 2.49. The Hall–Kier alpha value is -1.05. The maximum Gasteiger partial charge on any atom is 0.248 e. The number of aliphatic imine (C=N–C) groups is 1. The molecule has 3 aliphatic rings. The van der Waals surface area contributed by atoms with Crippen LogP contribution in [0.4, 0.5) is 5.69 Å². The molecule has 1 aromatic rings. The molecule has 8 heteroatoms. The predicted octanol–water partition coefficient (Wildman–Crippen LogP) is 4.22. The molecule has 0 spiro atoms. The summed E-state index contributed by atoms with van der Waals surface area (Å²) in [5.41, 5.74) is 1.83. The molecule has 1 saturated carbocycles. The second kappa shape index (κ2) is 8.00. The Balaban J connectivity index is 1.60. The Kier molecular flexibility index (Phi) is 5.78.